The summed E-state index contributed by atoms with van der Waals surface area (Å²) in [4.78, 5) is 2.06. The third kappa shape index (κ3) is 2.26. The molecule has 86 valence electrons. The predicted octanol–water partition coefficient (Wildman–Crippen LogP) is 2.30. The molecule has 3 nitrogen and oxygen atoms in total. The molecular weight excluding hydrogens is 200 g/mol. The molecule has 1 aromatic heterocycles. The standard InChI is InChI=1S/C13H18N2O/c1-9-4-5-12-10(6-9)7-13(16-12)11(14)8-15(2)3/h4-7,11H,8,14H2,1-3H3. The normalized spacial score (nSPS) is 13.6. The van der Waals surface area contributed by atoms with Gasteiger partial charge < -0.3 is 15.1 Å². The van der Waals surface area contributed by atoms with Gasteiger partial charge in [-0.25, -0.2) is 0 Å². The molecule has 0 amide bonds. The molecule has 1 heterocycles. The molecule has 0 fully saturated rings. The van der Waals surface area contributed by atoms with E-state index in [4.69, 9.17) is 10.2 Å². The first kappa shape index (κ1) is 11.2. The largest absolute Gasteiger partial charge is 0.459 e. The summed E-state index contributed by atoms with van der Waals surface area (Å²) in [5, 5.41) is 1.13. The van der Waals surface area contributed by atoms with E-state index in [0.29, 0.717) is 0 Å². The van der Waals surface area contributed by atoms with E-state index in [9.17, 15) is 0 Å². The minimum atomic E-state index is -0.0669. The number of hydrogen-bond donors (Lipinski definition) is 1. The fraction of sp³-hybridized carbons (Fsp3) is 0.385. The number of furan rings is 1. The van der Waals surface area contributed by atoms with Crippen LogP contribution < -0.4 is 5.73 Å². The molecule has 1 unspecified atom stereocenters. The predicted molar refractivity (Wildman–Crippen MR) is 66.4 cm³/mol. The molecule has 2 N–H and O–H groups in total. The van der Waals surface area contributed by atoms with Gasteiger partial charge in [-0.3, -0.25) is 0 Å². The van der Waals surface area contributed by atoms with Crippen molar-refractivity contribution in [3.8, 4) is 0 Å². The van der Waals surface area contributed by atoms with Crippen molar-refractivity contribution in [3.63, 3.8) is 0 Å². The molecule has 0 saturated carbocycles. The Bertz CT molecular complexity index is 488. The van der Waals surface area contributed by atoms with Crippen LogP contribution in [0.15, 0.2) is 28.7 Å². The number of nitrogens with two attached hydrogens (primary N) is 1. The molecule has 1 aromatic carbocycles. The lowest BCUT2D eigenvalue weighted by Crippen LogP contribution is -2.25. The summed E-state index contributed by atoms with van der Waals surface area (Å²) in [6.45, 7) is 2.87. The van der Waals surface area contributed by atoms with E-state index in [1.165, 1.54) is 5.56 Å². The molecule has 0 aliphatic rings. The molecule has 3 heteroatoms. The minimum Gasteiger partial charge on any atom is -0.459 e. The topological polar surface area (TPSA) is 42.4 Å². The smallest absolute Gasteiger partial charge is 0.134 e. The molecule has 0 radical (unpaired) electrons. The van der Waals surface area contributed by atoms with E-state index in [2.05, 4.69) is 17.9 Å². The third-order valence-corrected chi connectivity index (χ3v) is 2.62. The molecule has 0 aliphatic carbocycles. The summed E-state index contributed by atoms with van der Waals surface area (Å²) in [7, 11) is 4.01. The fourth-order valence-electron chi connectivity index (χ4n) is 1.85. The first-order valence-corrected chi connectivity index (χ1v) is 5.46. The minimum absolute atomic E-state index is 0.0669. The molecule has 2 rings (SSSR count). The first-order chi connectivity index (χ1) is 7.56. The van der Waals surface area contributed by atoms with Crippen molar-refractivity contribution in [1.29, 1.82) is 0 Å². The number of likely N-dealkylation sites (N-methyl/N-ethyl adjacent to an activating group) is 1. The Hall–Kier alpha value is -1.32. The average molecular weight is 218 g/mol. The lowest BCUT2D eigenvalue weighted by atomic mass is 10.1. The third-order valence-electron chi connectivity index (χ3n) is 2.62. The van der Waals surface area contributed by atoms with E-state index in [1.54, 1.807) is 0 Å². The summed E-state index contributed by atoms with van der Waals surface area (Å²) < 4.78 is 5.73. The monoisotopic (exact) mass is 218 g/mol. The van der Waals surface area contributed by atoms with E-state index in [1.807, 2.05) is 32.3 Å². The summed E-state index contributed by atoms with van der Waals surface area (Å²) in [6.07, 6.45) is 0. The Morgan fingerprint density at radius 3 is 2.75 bits per heavy atom. The van der Waals surface area contributed by atoms with Crippen LogP contribution >= 0.6 is 0 Å². The Morgan fingerprint density at radius 1 is 1.31 bits per heavy atom. The van der Waals surface area contributed by atoms with Crippen molar-refractivity contribution in [2.24, 2.45) is 5.73 Å². The molecule has 16 heavy (non-hydrogen) atoms. The fourth-order valence-corrected chi connectivity index (χ4v) is 1.85. The second-order valence-corrected chi connectivity index (χ2v) is 4.56. The number of hydrogen-bond acceptors (Lipinski definition) is 3. The zero-order valence-corrected chi connectivity index (χ0v) is 10.0. The van der Waals surface area contributed by atoms with Gasteiger partial charge >= 0.3 is 0 Å². The van der Waals surface area contributed by atoms with Crippen LogP contribution in [0.4, 0.5) is 0 Å². The van der Waals surface area contributed by atoms with Gasteiger partial charge in [0.05, 0.1) is 6.04 Å². The SMILES string of the molecule is Cc1ccc2oc(C(N)CN(C)C)cc2c1. The average Bonchev–Trinajstić information content (AvgIpc) is 2.59. The van der Waals surface area contributed by atoms with Gasteiger partial charge in [0, 0.05) is 11.9 Å². The van der Waals surface area contributed by atoms with Crippen molar-refractivity contribution < 1.29 is 4.42 Å². The van der Waals surface area contributed by atoms with Crippen molar-refractivity contribution >= 4 is 11.0 Å². The second kappa shape index (κ2) is 4.28. The molecule has 0 saturated heterocycles. The highest BCUT2D eigenvalue weighted by molar-refractivity contribution is 5.78. The quantitative estimate of drug-likeness (QED) is 0.859. The van der Waals surface area contributed by atoms with E-state index < -0.39 is 0 Å². The molecule has 0 bridgehead atoms. The molecule has 2 aromatic rings. The zero-order chi connectivity index (χ0) is 11.7. The number of aryl methyl sites for hydroxylation is 1. The van der Waals surface area contributed by atoms with Gasteiger partial charge in [-0.15, -0.1) is 0 Å². The summed E-state index contributed by atoms with van der Waals surface area (Å²) in [6, 6.07) is 8.13. The Balaban J connectivity index is 2.32. The van der Waals surface area contributed by atoms with Gasteiger partial charge in [-0.05, 0) is 39.2 Å². The summed E-state index contributed by atoms with van der Waals surface area (Å²) in [5.74, 6) is 0.856. The highest BCUT2D eigenvalue weighted by atomic mass is 16.3. The Labute approximate surface area is 95.8 Å². The van der Waals surface area contributed by atoms with Crippen LogP contribution in [-0.4, -0.2) is 25.5 Å². The van der Waals surface area contributed by atoms with Gasteiger partial charge in [0.1, 0.15) is 11.3 Å². The molecule has 1 atom stereocenters. The van der Waals surface area contributed by atoms with Gasteiger partial charge in [-0.2, -0.15) is 0 Å². The maximum absolute atomic E-state index is 6.06. The van der Waals surface area contributed by atoms with Gasteiger partial charge in [0.15, 0.2) is 0 Å². The van der Waals surface area contributed by atoms with E-state index in [-0.39, 0.29) is 6.04 Å². The van der Waals surface area contributed by atoms with Gasteiger partial charge in [-0.1, -0.05) is 11.6 Å². The molecule has 0 aliphatic heterocycles. The molecular formula is C13H18N2O. The van der Waals surface area contributed by atoms with Crippen LogP contribution in [0.5, 0.6) is 0 Å². The second-order valence-electron chi connectivity index (χ2n) is 4.56. The van der Waals surface area contributed by atoms with Crippen molar-refractivity contribution in [3.05, 3.63) is 35.6 Å². The number of nitrogens with zero attached hydrogens (tertiary/aromatic N) is 1. The summed E-state index contributed by atoms with van der Waals surface area (Å²) >= 11 is 0. The maximum atomic E-state index is 6.06. The van der Waals surface area contributed by atoms with E-state index >= 15 is 0 Å². The number of fused-ring (bicyclic) bond motifs is 1. The number of benzene rings is 1. The van der Waals surface area contributed by atoms with Crippen LogP contribution in [0.2, 0.25) is 0 Å². The van der Waals surface area contributed by atoms with Gasteiger partial charge in [0.25, 0.3) is 0 Å². The highest BCUT2D eigenvalue weighted by Gasteiger charge is 2.12. The van der Waals surface area contributed by atoms with Crippen LogP contribution in [0.1, 0.15) is 17.4 Å². The maximum Gasteiger partial charge on any atom is 0.134 e. The van der Waals surface area contributed by atoms with Crippen molar-refractivity contribution in [1.82, 2.24) is 4.90 Å². The Morgan fingerprint density at radius 2 is 2.06 bits per heavy atom. The van der Waals surface area contributed by atoms with Crippen LogP contribution in [-0.2, 0) is 0 Å². The van der Waals surface area contributed by atoms with E-state index in [0.717, 1.165) is 23.3 Å². The lowest BCUT2D eigenvalue weighted by Gasteiger charge is -2.14. The Kier molecular flexibility index (Phi) is 2.99. The van der Waals surface area contributed by atoms with Gasteiger partial charge in [0.2, 0.25) is 0 Å². The first-order valence-electron chi connectivity index (χ1n) is 5.46. The summed E-state index contributed by atoms with van der Waals surface area (Å²) in [5.41, 5.74) is 8.21. The van der Waals surface area contributed by atoms with Crippen LogP contribution in [0.3, 0.4) is 0 Å². The van der Waals surface area contributed by atoms with Crippen LogP contribution in [0, 0.1) is 6.92 Å². The lowest BCUT2D eigenvalue weighted by molar-refractivity contribution is 0.350. The molecule has 0 spiro atoms. The van der Waals surface area contributed by atoms with Crippen molar-refractivity contribution in [2.45, 2.75) is 13.0 Å². The highest BCUT2D eigenvalue weighted by Crippen LogP contribution is 2.24. The van der Waals surface area contributed by atoms with Crippen molar-refractivity contribution in [2.75, 3.05) is 20.6 Å². The zero-order valence-electron chi connectivity index (χ0n) is 10.0. The van der Waals surface area contributed by atoms with Crippen LogP contribution in [0.25, 0.3) is 11.0 Å². The number of rotatable bonds is 3.